The summed E-state index contributed by atoms with van der Waals surface area (Å²) in [4.78, 5) is 12.2. The van der Waals surface area contributed by atoms with Crippen molar-refractivity contribution < 1.29 is 24.5 Å². The van der Waals surface area contributed by atoms with Crippen molar-refractivity contribution in [3.05, 3.63) is 11.1 Å². The molecule has 1 saturated heterocycles. The van der Waals surface area contributed by atoms with Gasteiger partial charge in [0.25, 0.3) is 0 Å². The molecule has 0 aromatic heterocycles. The zero-order valence-electron chi connectivity index (χ0n) is 19.8. The Bertz CT molecular complexity index is 780. The second kappa shape index (κ2) is 7.72. The van der Waals surface area contributed by atoms with Crippen LogP contribution in [0.4, 0.5) is 0 Å². The number of rotatable bonds is 3. The van der Waals surface area contributed by atoms with Crippen LogP contribution in [0.3, 0.4) is 0 Å². The molecule has 2 heterocycles. The third-order valence-corrected chi connectivity index (χ3v) is 9.99. The number of carbonyl (C=O) groups is 1. The molecular formula is C25H39ClO5. The number of hydrogen-bond acceptors (Lipinski definition) is 5. The van der Waals surface area contributed by atoms with Crippen molar-refractivity contribution in [1.29, 1.82) is 0 Å². The molecule has 0 amide bonds. The minimum absolute atomic E-state index is 0.00347. The summed E-state index contributed by atoms with van der Waals surface area (Å²) in [6, 6.07) is 0. The Labute approximate surface area is 191 Å². The van der Waals surface area contributed by atoms with E-state index in [2.05, 4.69) is 27.7 Å². The van der Waals surface area contributed by atoms with Gasteiger partial charge in [0.05, 0.1) is 5.38 Å². The van der Waals surface area contributed by atoms with Crippen LogP contribution < -0.4 is 0 Å². The Morgan fingerprint density at radius 1 is 1.29 bits per heavy atom. The second-order valence-electron chi connectivity index (χ2n) is 10.5. The maximum Gasteiger partial charge on any atom is 0.334 e. The molecule has 2 aliphatic heterocycles. The van der Waals surface area contributed by atoms with E-state index in [9.17, 15) is 15.0 Å². The Balaban J connectivity index is 0.00000112. The van der Waals surface area contributed by atoms with E-state index in [0.29, 0.717) is 13.0 Å². The van der Waals surface area contributed by atoms with Gasteiger partial charge < -0.3 is 19.7 Å². The van der Waals surface area contributed by atoms with Crippen molar-refractivity contribution >= 4 is 17.6 Å². The number of epoxide rings is 1. The molecule has 5 rings (SSSR count). The van der Waals surface area contributed by atoms with Crippen LogP contribution in [-0.2, 0) is 14.3 Å². The number of aliphatic hydroxyl groups is 2. The molecule has 176 valence electrons. The number of fused-ring (bicyclic) bond motifs is 2. The predicted octanol–water partition coefficient (Wildman–Crippen LogP) is 4.08. The molecule has 2 saturated carbocycles. The fraction of sp³-hybridized carbons (Fsp3) is 0.880. The van der Waals surface area contributed by atoms with Gasteiger partial charge in [0.2, 0.25) is 0 Å². The van der Waals surface area contributed by atoms with Gasteiger partial charge in [-0.2, -0.15) is 0 Å². The van der Waals surface area contributed by atoms with Crippen molar-refractivity contribution in [2.75, 3.05) is 13.2 Å². The lowest BCUT2D eigenvalue weighted by atomic mass is 9.41. The zero-order valence-corrected chi connectivity index (χ0v) is 20.5. The van der Waals surface area contributed by atoms with E-state index in [1.165, 1.54) is 0 Å². The van der Waals surface area contributed by atoms with Crippen molar-refractivity contribution in [3.8, 4) is 0 Å². The quantitative estimate of drug-likeness (QED) is 0.381. The summed E-state index contributed by atoms with van der Waals surface area (Å²) in [5, 5.41) is 22.7. The highest BCUT2D eigenvalue weighted by Crippen LogP contribution is 2.76. The largest absolute Gasteiger partial charge is 0.458 e. The van der Waals surface area contributed by atoms with Crippen LogP contribution in [0.5, 0.6) is 0 Å². The van der Waals surface area contributed by atoms with Gasteiger partial charge in [-0.1, -0.05) is 48.0 Å². The van der Waals surface area contributed by atoms with E-state index in [1.807, 2.05) is 13.8 Å². The monoisotopic (exact) mass is 454 g/mol. The first kappa shape index (κ1) is 23.5. The summed E-state index contributed by atoms with van der Waals surface area (Å²) < 4.78 is 11.9. The topological polar surface area (TPSA) is 79.3 Å². The van der Waals surface area contributed by atoms with Crippen molar-refractivity contribution in [1.82, 2.24) is 0 Å². The van der Waals surface area contributed by atoms with E-state index in [1.54, 1.807) is 0 Å². The van der Waals surface area contributed by atoms with Crippen LogP contribution in [0, 0.1) is 35.0 Å². The first-order valence-electron chi connectivity index (χ1n) is 12.2. The molecule has 6 heteroatoms. The normalized spacial score (nSPS) is 49.9. The number of aliphatic hydroxyl groups excluding tert-OH is 1. The third kappa shape index (κ3) is 2.64. The number of carbonyl (C=O) groups excluding carboxylic acids is 1. The molecule has 9 atom stereocenters. The maximum atomic E-state index is 12.5. The summed E-state index contributed by atoms with van der Waals surface area (Å²) in [7, 11) is 0. The van der Waals surface area contributed by atoms with E-state index in [0.717, 1.165) is 30.4 Å². The molecule has 1 spiro atoms. The summed E-state index contributed by atoms with van der Waals surface area (Å²) in [6.07, 6.45) is 2.81. The van der Waals surface area contributed by atoms with E-state index in [-0.39, 0.29) is 59.1 Å². The maximum absolute atomic E-state index is 12.5. The van der Waals surface area contributed by atoms with Crippen LogP contribution >= 0.6 is 11.6 Å². The summed E-state index contributed by atoms with van der Waals surface area (Å²) in [5.74, 6) is -0.124. The van der Waals surface area contributed by atoms with E-state index >= 15 is 0 Å². The van der Waals surface area contributed by atoms with Gasteiger partial charge in [-0.25, -0.2) is 4.79 Å². The SMILES string of the molecule is CC.CC[C@@H]1CC2C3=C(CC[C@]2(C)[C@]24O[C@H]2[C@@H](Cl)C(C(C)C)C(CO)[C@]14O)C(=O)OC3. The molecule has 2 N–H and O–H groups in total. The molecule has 0 aromatic rings. The average Bonchev–Trinajstić information content (AvgIpc) is 3.43. The smallest absolute Gasteiger partial charge is 0.334 e. The summed E-state index contributed by atoms with van der Waals surface area (Å²) in [5.41, 5.74) is -0.246. The lowest BCUT2D eigenvalue weighted by Crippen LogP contribution is -2.74. The number of halogens is 1. The molecule has 5 aliphatic rings. The Morgan fingerprint density at radius 3 is 2.55 bits per heavy atom. The minimum atomic E-state index is -1.12. The molecule has 31 heavy (non-hydrogen) atoms. The van der Waals surface area contributed by atoms with Crippen molar-refractivity contribution in [2.24, 2.45) is 35.0 Å². The fourth-order valence-electron chi connectivity index (χ4n) is 8.14. The number of ether oxygens (including phenoxy) is 2. The average molecular weight is 455 g/mol. The van der Waals surface area contributed by atoms with Gasteiger partial charge in [-0.3, -0.25) is 0 Å². The van der Waals surface area contributed by atoms with Gasteiger partial charge in [0.15, 0.2) is 0 Å². The molecule has 3 fully saturated rings. The fourth-order valence-corrected chi connectivity index (χ4v) is 8.84. The Hall–Kier alpha value is -0.620. The van der Waals surface area contributed by atoms with Crippen LogP contribution in [0.25, 0.3) is 0 Å². The van der Waals surface area contributed by atoms with Gasteiger partial charge >= 0.3 is 5.97 Å². The van der Waals surface area contributed by atoms with E-state index < -0.39 is 11.2 Å². The van der Waals surface area contributed by atoms with Gasteiger partial charge in [0.1, 0.15) is 23.9 Å². The number of cyclic esters (lactones) is 1. The van der Waals surface area contributed by atoms with Crippen LogP contribution in [0.2, 0.25) is 0 Å². The third-order valence-electron chi connectivity index (χ3n) is 9.47. The highest BCUT2D eigenvalue weighted by atomic mass is 35.5. The van der Waals surface area contributed by atoms with Crippen LogP contribution in [0.15, 0.2) is 11.1 Å². The first-order valence-corrected chi connectivity index (χ1v) is 12.7. The number of alkyl halides is 1. The van der Waals surface area contributed by atoms with Crippen molar-refractivity contribution in [3.63, 3.8) is 0 Å². The molecule has 3 unspecified atom stereocenters. The standard InChI is InChI=1S/C23H33ClO5.C2H6/c1-5-12-8-15-14-10-28-20(26)13(14)6-7-21(15,4)23-19(29-23)18(24)17(11(2)3)16(9-25)22(12,23)27;1-2/h11-12,15-19,25,27H,5-10H2,1-4H3;1-2H3/t12-,15?,16?,17?,18+,19+,21+,22-,23-;/m1./s1. The van der Waals surface area contributed by atoms with E-state index in [4.69, 9.17) is 21.1 Å². The van der Waals surface area contributed by atoms with Crippen LogP contribution in [0.1, 0.15) is 67.2 Å². The highest BCUT2D eigenvalue weighted by Gasteiger charge is 2.87. The lowest BCUT2D eigenvalue weighted by molar-refractivity contribution is -0.233. The molecular weight excluding hydrogens is 416 g/mol. The Kier molecular flexibility index (Phi) is 5.86. The van der Waals surface area contributed by atoms with Gasteiger partial charge in [-0.15, -0.1) is 11.6 Å². The number of esters is 1. The van der Waals surface area contributed by atoms with Crippen molar-refractivity contribution in [2.45, 2.75) is 89.9 Å². The second-order valence-corrected chi connectivity index (χ2v) is 11.0. The molecule has 3 aliphatic carbocycles. The lowest BCUT2D eigenvalue weighted by Gasteiger charge is -2.64. The molecule has 5 nitrogen and oxygen atoms in total. The predicted molar refractivity (Wildman–Crippen MR) is 120 cm³/mol. The van der Waals surface area contributed by atoms with Gasteiger partial charge in [-0.05, 0) is 48.5 Å². The van der Waals surface area contributed by atoms with Crippen LogP contribution in [-0.4, -0.2) is 52.1 Å². The molecule has 0 radical (unpaired) electrons. The minimum Gasteiger partial charge on any atom is -0.458 e. The van der Waals surface area contributed by atoms with Gasteiger partial charge in [0, 0.05) is 23.5 Å². The first-order chi connectivity index (χ1) is 14.7. The molecule has 0 bridgehead atoms. The summed E-state index contributed by atoms with van der Waals surface area (Å²) >= 11 is 7.00. The highest BCUT2D eigenvalue weighted by molar-refractivity contribution is 6.21. The summed E-state index contributed by atoms with van der Waals surface area (Å²) in [6.45, 7) is 12.8. The zero-order chi connectivity index (χ0) is 22.9. The number of hydrogen-bond donors (Lipinski definition) is 2. The Morgan fingerprint density at radius 2 is 1.97 bits per heavy atom. The molecule has 0 aromatic carbocycles.